The minimum atomic E-state index is -0.489. The van der Waals surface area contributed by atoms with Crippen molar-refractivity contribution in [1.29, 1.82) is 0 Å². The molecule has 2 heteroatoms. The lowest BCUT2D eigenvalue weighted by molar-refractivity contribution is 0.0880. The van der Waals surface area contributed by atoms with Crippen LogP contribution in [0.5, 0.6) is 0 Å². The molecule has 3 N–H and O–H groups in total. The van der Waals surface area contributed by atoms with Crippen molar-refractivity contribution < 1.29 is 5.11 Å². The van der Waals surface area contributed by atoms with Crippen molar-refractivity contribution in [2.24, 2.45) is 11.7 Å². The van der Waals surface area contributed by atoms with Crippen LogP contribution in [0.25, 0.3) is 11.1 Å². The second-order valence-electron chi connectivity index (χ2n) is 6.15. The highest BCUT2D eigenvalue weighted by Crippen LogP contribution is 2.37. The molecule has 0 radical (unpaired) electrons. The molecule has 2 aromatic carbocycles. The van der Waals surface area contributed by atoms with Crippen molar-refractivity contribution in [1.82, 2.24) is 0 Å². The number of nitrogens with two attached hydrogens (primary N) is 1. The maximum absolute atomic E-state index is 10.3. The predicted octanol–water partition coefficient (Wildman–Crippen LogP) is 3.66. The van der Waals surface area contributed by atoms with Gasteiger partial charge in [0.25, 0.3) is 0 Å². The Kier molecular flexibility index (Phi) is 3.83. The Morgan fingerprint density at radius 3 is 2.57 bits per heavy atom. The van der Waals surface area contributed by atoms with Crippen LogP contribution in [-0.2, 0) is 6.42 Å². The average molecular weight is 281 g/mol. The summed E-state index contributed by atoms with van der Waals surface area (Å²) in [5.74, 6) is 0.213. The van der Waals surface area contributed by atoms with Crippen molar-refractivity contribution in [3.8, 4) is 11.1 Å². The molecule has 0 fully saturated rings. The van der Waals surface area contributed by atoms with E-state index in [1.807, 2.05) is 6.92 Å². The van der Waals surface area contributed by atoms with Crippen LogP contribution < -0.4 is 5.73 Å². The molecule has 2 nitrogen and oxygen atoms in total. The van der Waals surface area contributed by atoms with Crippen molar-refractivity contribution in [3.63, 3.8) is 0 Å². The largest absolute Gasteiger partial charge is 0.391 e. The molecular weight excluding hydrogens is 258 g/mol. The Morgan fingerprint density at radius 2 is 1.81 bits per heavy atom. The van der Waals surface area contributed by atoms with E-state index in [0.717, 1.165) is 18.4 Å². The highest BCUT2D eigenvalue weighted by Gasteiger charge is 2.24. The quantitative estimate of drug-likeness (QED) is 0.766. The van der Waals surface area contributed by atoms with Gasteiger partial charge in [0.15, 0.2) is 0 Å². The molecular formula is C19H23NO. The van der Waals surface area contributed by atoms with Gasteiger partial charge in [-0.3, -0.25) is 0 Å². The standard InChI is InChI=1S/C19H23NO/c1-3-12(2)19(21)18(20)14-8-9-17-15(11-14)10-13-6-4-5-7-16(13)17/h4-9,11-12,18-19,21H,3,10,20H2,1-2H3/t12?,18-,19+/m0/s1. The maximum atomic E-state index is 10.3. The van der Waals surface area contributed by atoms with Gasteiger partial charge in [-0.2, -0.15) is 0 Å². The van der Waals surface area contributed by atoms with Gasteiger partial charge in [-0.25, -0.2) is 0 Å². The molecule has 0 spiro atoms. The molecule has 110 valence electrons. The van der Waals surface area contributed by atoms with Crippen LogP contribution in [0.4, 0.5) is 0 Å². The first-order valence-corrected chi connectivity index (χ1v) is 7.76. The predicted molar refractivity (Wildman–Crippen MR) is 87.1 cm³/mol. The fraction of sp³-hybridized carbons (Fsp3) is 0.368. The molecule has 21 heavy (non-hydrogen) atoms. The lowest BCUT2D eigenvalue weighted by Crippen LogP contribution is -2.31. The highest BCUT2D eigenvalue weighted by molar-refractivity contribution is 5.77. The molecule has 3 atom stereocenters. The molecule has 0 saturated heterocycles. The number of hydrogen-bond donors (Lipinski definition) is 2. The van der Waals surface area contributed by atoms with E-state index in [1.54, 1.807) is 0 Å². The van der Waals surface area contributed by atoms with Gasteiger partial charge >= 0.3 is 0 Å². The van der Waals surface area contributed by atoms with Crippen LogP contribution in [-0.4, -0.2) is 11.2 Å². The fourth-order valence-corrected chi connectivity index (χ4v) is 3.17. The molecule has 0 bridgehead atoms. The van der Waals surface area contributed by atoms with E-state index in [-0.39, 0.29) is 12.0 Å². The summed E-state index contributed by atoms with van der Waals surface area (Å²) in [6.45, 7) is 4.13. The monoisotopic (exact) mass is 281 g/mol. The van der Waals surface area contributed by atoms with Gasteiger partial charge in [-0.1, -0.05) is 62.7 Å². The third-order valence-electron chi connectivity index (χ3n) is 4.80. The number of fused-ring (bicyclic) bond motifs is 3. The summed E-state index contributed by atoms with van der Waals surface area (Å²) >= 11 is 0. The van der Waals surface area contributed by atoms with E-state index in [9.17, 15) is 5.11 Å². The van der Waals surface area contributed by atoms with Crippen molar-refractivity contribution in [2.75, 3.05) is 0 Å². The van der Waals surface area contributed by atoms with E-state index in [4.69, 9.17) is 5.73 Å². The van der Waals surface area contributed by atoms with Crippen molar-refractivity contribution in [3.05, 3.63) is 59.2 Å². The Bertz CT molecular complexity index is 650. The molecule has 3 rings (SSSR count). The Balaban J connectivity index is 1.90. The molecule has 2 aromatic rings. The van der Waals surface area contributed by atoms with Crippen LogP contribution in [0, 0.1) is 5.92 Å². The fourth-order valence-electron chi connectivity index (χ4n) is 3.17. The third kappa shape index (κ3) is 2.50. The smallest absolute Gasteiger partial charge is 0.0758 e. The van der Waals surface area contributed by atoms with Crippen LogP contribution in [0.3, 0.4) is 0 Å². The number of aliphatic hydroxyl groups is 1. The molecule has 0 amide bonds. The van der Waals surface area contributed by atoms with E-state index in [0.29, 0.717) is 0 Å². The lowest BCUT2D eigenvalue weighted by atomic mass is 9.90. The van der Waals surface area contributed by atoms with Crippen LogP contribution in [0.15, 0.2) is 42.5 Å². The van der Waals surface area contributed by atoms with Crippen molar-refractivity contribution in [2.45, 2.75) is 38.8 Å². The zero-order valence-corrected chi connectivity index (χ0v) is 12.7. The molecule has 0 saturated carbocycles. The first-order valence-electron chi connectivity index (χ1n) is 7.76. The molecule has 1 aliphatic rings. The van der Waals surface area contributed by atoms with E-state index in [2.05, 4.69) is 49.4 Å². The Hall–Kier alpha value is -1.64. The van der Waals surface area contributed by atoms with Gasteiger partial charge in [-0.15, -0.1) is 0 Å². The minimum absolute atomic E-state index is 0.213. The summed E-state index contributed by atoms with van der Waals surface area (Å²) in [5, 5.41) is 10.3. The van der Waals surface area contributed by atoms with Crippen molar-refractivity contribution >= 4 is 0 Å². The highest BCUT2D eigenvalue weighted by atomic mass is 16.3. The zero-order chi connectivity index (χ0) is 15.0. The SMILES string of the molecule is CCC(C)[C@@H](O)[C@@H](N)c1ccc2c(c1)Cc1ccccc1-2. The topological polar surface area (TPSA) is 46.2 Å². The second kappa shape index (κ2) is 5.63. The first kappa shape index (κ1) is 14.3. The Morgan fingerprint density at radius 1 is 1.10 bits per heavy atom. The van der Waals surface area contributed by atoms with Crippen LogP contribution in [0.1, 0.15) is 43.0 Å². The summed E-state index contributed by atoms with van der Waals surface area (Å²) in [5.41, 5.74) is 12.6. The zero-order valence-electron chi connectivity index (χ0n) is 12.7. The summed E-state index contributed by atoms with van der Waals surface area (Å²) in [7, 11) is 0. The molecule has 0 aliphatic heterocycles. The van der Waals surface area contributed by atoms with Gasteiger partial charge in [0, 0.05) is 0 Å². The van der Waals surface area contributed by atoms with E-state index in [1.165, 1.54) is 22.3 Å². The number of aliphatic hydroxyl groups excluding tert-OH is 1. The molecule has 1 unspecified atom stereocenters. The summed E-state index contributed by atoms with van der Waals surface area (Å²) in [4.78, 5) is 0. The van der Waals surface area contributed by atoms with Gasteiger partial charge in [0.1, 0.15) is 0 Å². The number of benzene rings is 2. The summed E-state index contributed by atoms with van der Waals surface area (Å²) in [6, 6.07) is 14.6. The Labute approximate surface area is 126 Å². The second-order valence-corrected chi connectivity index (χ2v) is 6.15. The maximum Gasteiger partial charge on any atom is 0.0758 e. The third-order valence-corrected chi connectivity index (χ3v) is 4.80. The van der Waals surface area contributed by atoms with Gasteiger partial charge in [-0.05, 0) is 40.2 Å². The molecule has 0 heterocycles. The van der Waals surface area contributed by atoms with E-state index < -0.39 is 6.10 Å². The molecule has 0 aromatic heterocycles. The van der Waals surface area contributed by atoms with Crippen LogP contribution in [0.2, 0.25) is 0 Å². The lowest BCUT2D eigenvalue weighted by Gasteiger charge is -2.24. The van der Waals surface area contributed by atoms with Gasteiger partial charge in [0.05, 0.1) is 12.1 Å². The normalized spacial score (nSPS) is 17.0. The summed E-state index contributed by atoms with van der Waals surface area (Å²) < 4.78 is 0. The summed E-state index contributed by atoms with van der Waals surface area (Å²) in [6.07, 6.45) is 1.41. The van der Waals surface area contributed by atoms with E-state index >= 15 is 0 Å². The number of rotatable bonds is 4. The van der Waals surface area contributed by atoms with Gasteiger partial charge in [0.2, 0.25) is 0 Å². The number of hydrogen-bond acceptors (Lipinski definition) is 2. The molecule has 1 aliphatic carbocycles. The first-order chi connectivity index (χ1) is 10.1. The average Bonchev–Trinajstić information content (AvgIpc) is 2.90. The minimum Gasteiger partial charge on any atom is -0.391 e. The van der Waals surface area contributed by atoms with Crippen LogP contribution >= 0.6 is 0 Å². The van der Waals surface area contributed by atoms with Gasteiger partial charge < -0.3 is 10.8 Å².